The Hall–Kier alpha value is -1.84. The first kappa shape index (κ1) is 17.5. The van der Waals surface area contributed by atoms with Gasteiger partial charge in [-0.25, -0.2) is 4.79 Å². The van der Waals surface area contributed by atoms with E-state index in [0.29, 0.717) is 24.5 Å². The predicted octanol–water partition coefficient (Wildman–Crippen LogP) is 3.98. The van der Waals surface area contributed by atoms with Crippen molar-refractivity contribution >= 4 is 11.8 Å². The first-order chi connectivity index (χ1) is 10.9. The lowest BCUT2D eigenvalue weighted by Gasteiger charge is -2.28. The molecule has 1 fully saturated rings. The largest absolute Gasteiger partial charge is 0.507 e. The first-order valence-corrected chi connectivity index (χ1v) is 8.52. The van der Waals surface area contributed by atoms with E-state index in [0.717, 1.165) is 43.2 Å². The normalized spacial score (nSPS) is 21.4. The SMILES string of the molecule is CCCCc1cc(C(=O)O)c(O)cc1CC1CC(=O)CCC1C. The van der Waals surface area contributed by atoms with Crippen LogP contribution < -0.4 is 0 Å². The Morgan fingerprint density at radius 2 is 2.04 bits per heavy atom. The second-order valence-corrected chi connectivity index (χ2v) is 6.77. The van der Waals surface area contributed by atoms with Crippen molar-refractivity contribution in [1.29, 1.82) is 0 Å². The lowest BCUT2D eigenvalue weighted by atomic mass is 9.76. The van der Waals surface area contributed by atoms with Crippen LogP contribution in [0.1, 0.15) is 67.4 Å². The van der Waals surface area contributed by atoms with Gasteiger partial charge >= 0.3 is 5.97 Å². The van der Waals surface area contributed by atoms with Crippen molar-refractivity contribution in [3.8, 4) is 5.75 Å². The lowest BCUT2D eigenvalue weighted by Crippen LogP contribution is -2.25. The molecule has 4 heteroatoms. The summed E-state index contributed by atoms with van der Waals surface area (Å²) in [7, 11) is 0. The Kier molecular flexibility index (Phi) is 5.80. The maximum atomic E-state index is 11.7. The van der Waals surface area contributed by atoms with E-state index in [-0.39, 0.29) is 17.2 Å². The monoisotopic (exact) mass is 318 g/mol. The summed E-state index contributed by atoms with van der Waals surface area (Å²) in [5, 5.41) is 19.2. The molecule has 0 saturated heterocycles. The molecule has 2 unspecified atom stereocenters. The van der Waals surface area contributed by atoms with E-state index in [1.165, 1.54) is 0 Å². The molecular weight excluding hydrogens is 292 g/mol. The molecule has 2 N–H and O–H groups in total. The fourth-order valence-corrected chi connectivity index (χ4v) is 3.41. The number of aryl methyl sites for hydroxylation is 1. The maximum absolute atomic E-state index is 11.7. The van der Waals surface area contributed by atoms with Crippen LogP contribution in [-0.4, -0.2) is 22.0 Å². The van der Waals surface area contributed by atoms with Crippen LogP contribution in [0.15, 0.2) is 12.1 Å². The molecule has 23 heavy (non-hydrogen) atoms. The van der Waals surface area contributed by atoms with Crippen LogP contribution in [0.4, 0.5) is 0 Å². The molecule has 0 amide bonds. The molecule has 1 aliphatic carbocycles. The van der Waals surface area contributed by atoms with Gasteiger partial charge in [0.1, 0.15) is 17.1 Å². The van der Waals surface area contributed by atoms with Crippen LogP contribution in [0.2, 0.25) is 0 Å². The average molecular weight is 318 g/mol. The third-order valence-corrected chi connectivity index (χ3v) is 5.00. The Bertz CT molecular complexity index is 591. The van der Waals surface area contributed by atoms with E-state index in [2.05, 4.69) is 13.8 Å². The second-order valence-electron chi connectivity index (χ2n) is 6.77. The van der Waals surface area contributed by atoms with Crippen molar-refractivity contribution in [3.63, 3.8) is 0 Å². The molecule has 2 rings (SSSR count). The fraction of sp³-hybridized carbons (Fsp3) is 0.579. The summed E-state index contributed by atoms with van der Waals surface area (Å²) in [4.78, 5) is 23.0. The average Bonchev–Trinajstić information content (AvgIpc) is 2.49. The fourth-order valence-electron chi connectivity index (χ4n) is 3.41. The van der Waals surface area contributed by atoms with E-state index in [9.17, 15) is 19.8 Å². The molecule has 2 atom stereocenters. The predicted molar refractivity (Wildman–Crippen MR) is 88.9 cm³/mol. The van der Waals surface area contributed by atoms with Crippen molar-refractivity contribution in [2.45, 2.75) is 58.8 Å². The van der Waals surface area contributed by atoms with Gasteiger partial charge in [-0.15, -0.1) is 0 Å². The third-order valence-electron chi connectivity index (χ3n) is 5.00. The molecule has 1 saturated carbocycles. The van der Waals surface area contributed by atoms with E-state index in [1.807, 2.05) is 0 Å². The van der Waals surface area contributed by atoms with Crippen LogP contribution in [0, 0.1) is 11.8 Å². The van der Waals surface area contributed by atoms with Crippen molar-refractivity contribution in [3.05, 3.63) is 28.8 Å². The summed E-state index contributed by atoms with van der Waals surface area (Å²) >= 11 is 0. The molecule has 1 aliphatic rings. The Labute approximate surface area is 137 Å². The van der Waals surface area contributed by atoms with E-state index in [1.54, 1.807) is 12.1 Å². The number of aromatic hydroxyl groups is 1. The number of aromatic carboxylic acids is 1. The molecular formula is C19H26O4. The highest BCUT2D eigenvalue weighted by molar-refractivity contribution is 5.91. The zero-order chi connectivity index (χ0) is 17.0. The molecule has 0 spiro atoms. The van der Waals surface area contributed by atoms with Crippen LogP contribution in [0.5, 0.6) is 5.75 Å². The molecule has 0 bridgehead atoms. The van der Waals surface area contributed by atoms with Gasteiger partial charge in [0.2, 0.25) is 0 Å². The number of carbonyl (C=O) groups is 2. The van der Waals surface area contributed by atoms with E-state index in [4.69, 9.17) is 0 Å². The summed E-state index contributed by atoms with van der Waals surface area (Å²) in [5.41, 5.74) is 1.95. The summed E-state index contributed by atoms with van der Waals surface area (Å²) in [6.45, 7) is 4.27. The Balaban J connectivity index is 2.29. The standard InChI is InChI=1S/C19H26O4/c1-3-4-5-13-10-17(19(22)23)18(21)11-15(13)8-14-9-16(20)7-6-12(14)2/h10-12,14,21H,3-9H2,1-2H3,(H,22,23). The number of benzene rings is 1. The summed E-state index contributed by atoms with van der Waals surface area (Å²) in [6.07, 6.45) is 5.74. The van der Waals surface area contributed by atoms with Gasteiger partial charge in [0.25, 0.3) is 0 Å². The molecule has 1 aromatic rings. The van der Waals surface area contributed by atoms with Gasteiger partial charge in [-0.1, -0.05) is 20.3 Å². The molecule has 0 aromatic heterocycles. The van der Waals surface area contributed by atoms with Gasteiger partial charge in [0.15, 0.2) is 0 Å². The zero-order valence-electron chi connectivity index (χ0n) is 14.0. The third kappa shape index (κ3) is 4.34. The number of carboxylic acid groups (broad SMARTS) is 1. The minimum atomic E-state index is -1.10. The van der Waals surface area contributed by atoms with Crippen molar-refractivity contribution in [1.82, 2.24) is 0 Å². The van der Waals surface area contributed by atoms with Gasteiger partial charge in [0.05, 0.1) is 0 Å². The molecule has 4 nitrogen and oxygen atoms in total. The van der Waals surface area contributed by atoms with E-state index < -0.39 is 5.97 Å². The van der Waals surface area contributed by atoms with Crippen LogP contribution in [0.3, 0.4) is 0 Å². The number of unbranched alkanes of at least 4 members (excludes halogenated alkanes) is 1. The highest BCUT2D eigenvalue weighted by atomic mass is 16.4. The van der Waals surface area contributed by atoms with Crippen LogP contribution in [-0.2, 0) is 17.6 Å². The van der Waals surface area contributed by atoms with Gasteiger partial charge in [-0.05, 0) is 60.8 Å². The number of hydrogen-bond donors (Lipinski definition) is 2. The quantitative estimate of drug-likeness (QED) is 0.832. The molecule has 0 heterocycles. The maximum Gasteiger partial charge on any atom is 0.339 e. The minimum absolute atomic E-state index is 0.0346. The van der Waals surface area contributed by atoms with Gasteiger partial charge < -0.3 is 10.2 Å². The highest BCUT2D eigenvalue weighted by Gasteiger charge is 2.27. The van der Waals surface area contributed by atoms with Crippen molar-refractivity contribution < 1.29 is 19.8 Å². The van der Waals surface area contributed by atoms with Crippen LogP contribution >= 0.6 is 0 Å². The van der Waals surface area contributed by atoms with E-state index >= 15 is 0 Å². The highest BCUT2D eigenvalue weighted by Crippen LogP contribution is 2.33. The second kappa shape index (κ2) is 7.62. The molecule has 0 aliphatic heterocycles. The van der Waals surface area contributed by atoms with Crippen LogP contribution in [0.25, 0.3) is 0 Å². The molecule has 0 radical (unpaired) electrons. The summed E-state index contributed by atoms with van der Waals surface area (Å²) in [6, 6.07) is 3.21. The number of ketones is 1. The zero-order valence-corrected chi connectivity index (χ0v) is 14.0. The van der Waals surface area contributed by atoms with Gasteiger partial charge in [-0.2, -0.15) is 0 Å². The number of Topliss-reactive ketones (excluding diaryl/α,β-unsaturated/α-hetero) is 1. The summed E-state index contributed by atoms with van der Waals surface area (Å²) in [5.74, 6) is -0.204. The molecule has 126 valence electrons. The lowest BCUT2D eigenvalue weighted by molar-refractivity contribution is -0.122. The number of carbonyl (C=O) groups excluding carboxylic acids is 1. The smallest absolute Gasteiger partial charge is 0.339 e. The number of carboxylic acids is 1. The summed E-state index contributed by atoms with van der Waals surface area (Å²) < 4.78 is 0. The Morgan fingerprint density at radius 1 is 1.30 bits per heavy atom. The number of phenols is 1. The van der Waals surface area contributed by atoms with Crippen molar-refractivity contribution in [2.24, 2.45) is 11.8 Å². The number of rotatable bonds is 6. The topological polar surface area (TPSA) is 74.6 Å². The first-order valence-electron chi connectivity index (χ1n) is 8.52. The minimum Gasteiger partial charge on any atom is -0.507 e. The molecule has 1 aromatic carbocycles. The Morgan fingerprint density at radius 3 is 2.70 bits per heavy atom. The van der Waals surface area contributed by atoms with Gasteiger partial charge in [0, 0.05) is 12.8 Å². The number of hydrogen-bond acceptors (Lipinski definition) is 3. The van der Waals surface area contributed by atoms with Gasteiger partial charge in [-0.3, -0.25) is 4.79 Å². The van der Waals surface area contributed by atoms with Crippen molar-refractivity contribution in [2.75, 3.05) is 0 Å².